The maximum atomic E-state index is 14.0. The number of aromatic nitrogens is 2. The number of alkyl halides is 3. The van der Waals surface area contributed by atoms with Gasteiger partial charge in [0.25, 0.3) is 5.91 Å². The summed E-state index contributed by atoms with van der Waals surface area (Å²) in [5.74, 6) is 0.241. The number of amides is 1. The van der Waals surface area contributed by atoms with Gasteiger partial charge in [0.2, 0.25) is 5.75 Å². The number of hydrogen-bond donors (Lipinski definition) is 2. The van der Waals surface area contributed by atoms with Crippen LogP contribution in [0, 0.1) is 0 Å². The molecule has 0 fully saturated rings. The third kappa shape index (κ3) is 4.81. The van der Waals surface area contributed by atoms with Crippen molar-refractivity contribution in [1.29, 1.82) is 0 Å². The summed E-state index contributed by atoms with van der Waals surface area (Å²) >= 11 is 5.87. The number of ether oxygens (including phenoxy) is 3. The summed E-state index contributed by atoms with van der Waals surface area (Å²) in [5.41, 5.74) is 0.861. The Morgan fingerprint density at radius 1 is 1.11 bits per heavy atom. The van der Waals surface area contributed by atoms with Gasteiger partial charge in [-0.1, -0.05) is 11.6 Å². The van der Waals surface area contributed by atoms with Crippen molar-refractivity contribution in [1.82, 2.24) is 9.78 Å². The molecule has 35 heavy (non-hydrogen) atoms. The lowest BCUT2D eigenvalue weighted by molar-refractivity contribution is -0.173. The molecule has 186 valence electrons. The molecule has 2 heterocycles. The highest BCUT2D eigenvalue weighted by Crippen LogP contribution is 2.47. The number of carbonyl (C=O) groups excluding carboxylic acids is 1. The Hall–Kier alpha value is -3.60. The Kier molecular flexibility index (Phi) is 6.70. The van der Waals surface area contributed by atoms with Crippen LogP contribution in [0.25, 0.3) is 0 Å². The van der Waals surface area contributed by atoms with E-state index >= 15 is 0 Å². The number of anilines is 2. The number of benzene rings is 2. The molecule has 8 nitrogen and oxygen atoms in total. The Morgan fingerprint density at radius 3 is 2.29 bits per heavy atom. The second-order valence-corrected chi connectivity index (χ2v) is 8.20. The molecule has 0 aliphatic carbocycles. The van der Waals surface area contributed by atoms with Crippen LogP contribution >= 0.6 is 11.6 Å². The summed E-state index contributed by atoms with van der Waals surface area (Å²) < 4.78 is 58.9. The van der Waals surface area contributed by atoms with Gasteiger partial charge in [-0.05, 0) is 42.0 Å². The Morgan fingerprint density at radius 2 is 1.74 bits per heavy atom. The third-order valence-electron chi connectivity index (χ3n) is 5.67. The third-order valence-corrected chi connectivity index (χ3v) is 5.93. The summed E-state index contributed by atoms with van der Waals surface area (Å²) in [7, 11) is 4.27. The second kappa shape index (κ2) is 9.57. The van der Waals surface area contributed by atoms with Crippen LogP contribution in [0.5, 0.6) is 17.2 Å². The average molecular weight is 511 g/mol. The summed E-state index contributed by atoms with van der Waals surface area (Å²) in [6, 6.07) is 6.70. The quantitative estimate of drug-likeness (QED) is 0.457. The van der Waals surface area contributed by atoms with E-state index in [1.54, 1.807) is 36.4 Å². The highest BCUT2D eigenvalue weighted by molar-refractivity contribution is 6.30. The zero-order valence-corrected chi connectivity index (χ0v) is 19.7. The first-order valence-corrected chi connectivity index (χ1v) is 10.8. The lowest BCUT2D eigenvalue weighted by Gasteiger charge is -2.34. The fourth-order valence-corrected chi connectivity index (χ4v) is 4.11. The van der Waals surface area contributed by atoms with Gasteiger partial charge in [0.15, 0.2) is 17.5 Å². The molecule has 2 aromatic carbocycles. The topological polar surface area (TPSA) is 86.6 Å². The minimum absolute atomic E-state index is 0.0358. The molecule has 4 rings (SSSR count). The molecule has 1 aliphatic heterocycles. The SMILES string of the molecule is COc1cc([C@@H]2C[C@H](C(F)(F)F)n3ncc(C(=O)Nc4ccc(Cl)cc4)c3N2)cc(OC)c1OC. The number of methoxy groups -OCH3 is 3. The van der Waals surface area contributed by atoms with E-state index in [1.807, 2.05) is 0 Å². The zero-order chi connectivity index (χ0) is 25.3. The van der Waals surface area contributed by atoms with Crippen molar-refractivity contribution in [2.45, 2.75) is 24.7 Å². The van der Waals surface area contributed by atoms with Crippen molar-refractivity contribution in [2.24, 2.45) is 0 Å². The van der Waals surface area contributed by atoms with Crippen molar-refractivity contribution in [2.75, 3.05) is 32.0 Å². The number of rotatable bonds is 6. The average Bonchev–Trinajstić information content (AvgIpc) is 3.27. The van der Waals surface area contributed by atoms with Gasteiger partial charge >= 0.3 is 6.18 Å². The monoisotopic (exact) mass is 510 g/mol. The van der Waals surface area contributed by atoms with Crippen LogP contribution in [0.2, 0.25) is 5.02 Å². The molecule has 0 unspecified atom stereocenters. The highest BCUT2D eigenvalue weighted by Gasteiger charge is 2.47. The van der Waals surface area contributed by atoms with E-state index in [0.717, 1.165) is 10.9 Å². The summed E-state index contributed by atoms with van der Waals surface area (Å²) in [5, 5.41) is 10.1. The van der Waals surface area contributed by atoms with Crippen molar-refractivity contribution in [3.8, 4) is 17.2 Å². The summed E-state index contributed by atoms with van der Waals surface area (Å²) in [4.78, 5) is 12.9. The molecule has 0 saturated heterocycles. The Balaban J connectivity index is 1.73. The fraction of sp³-hybridized carbons (Fsp3) is 0.304. The van der Waals surface area contributed by atoms with Gasteiger partial charge < -0.3 is 24.8 Å². The van der Waals surface area contributed by atoms with Crippen LogP contribution in [0.4, 0.5) is 24.7 Å². The van der Waals surface area contributed by atoms with E-state index in [1.165, 1.54) is 21.3 Å². The van der Waals surface area contributed by atoms with Gasteiger partial charge in [0.05, 0.1) is 33.6 Å². The molecular weight excluding hydrogens is 489 g/mol. The van der Waals surface area contributed by atoms with Crippen molar-refractivity contribution < 1.29 is 32.2 Å². The minimum atomic E-state index is -4.61. The molecular formula is C23H22ClF3N4O4. The lowest BCUT2D eigenvalue weighted by Crippen LogP contribution is -2.36. The van der Waals surface area contributed by atoms with Gasteiger partial charge in [-0.3, -0.25) is 4.79 Å². The summed E-state index contributed by atoms with van der Waals surface area (Å²) in [6.07, 6.45) is -3.86. The standard InChI is InChI=1S/C23H22ClF3N4O4/c1-33-17-8-12(9-18(34-2)20(17)35-3)16-10-19(23(25,26)27)31-21(30-16)15(11-28-31)22(32)29-14-6-4-13(24)5-7-14/h4-9,11,16,19,30H,10H2,1-3H3,(H,29,32)/t16-,19+/m0/s1. The number of nitrogens with one attached hydrogen (secondary N) is 2. The van der Waals surface area contributed by atoms with Crippen LogP contribution in [-0.4, -0.2) is 43.2 Å². The molecule has 2 N–H and O–H groups in total. The van der Waals surface area contributed by atoms with Gasteiger partial charge in [-0.25, -0.2) is 4.68 Å². The van der Waals surface area contributed by atoms with E-state index in [0.29, 0.717) is 33.5 Å². The van der Waals surface area contributed by atoms with E-state index in [-0.39, 0.29) is 17.8 Å². The van der Waals surface area contributed by atoms with Crippen LogP contribution in [0.3, 0.4) is 0 Å². The van der Waals surface area contributed by atoms with Crippen molar-refractivity contribution >= 4 is 29.0 Å². The molecule has 3 aromatic rings. The van der Waals surface area contributed by atoms with Crippen molar-refractivity contribution in [3.05, 3.63) is 58.7 Å². The first kappa shape index (κ1) is 24.5. The lowest BCUT2D eigenvalue weighted by atomic mass is 9.95. The van der Waals surface area contributed by atoms with Gasteiger partial charge in [-0.15, -0.1) is 0 Å². The first-order chi connectivity index (χ1) is 16.7. The Bertz CT molecular complexity index is 1210. The maximum Gasteiger partial charge on any atom is 0.410 e. The number of halogens is 4. The van der Waals surface area contributed by atoms with E-state index in [2.05, 4.69) is 15.7 Å². The number of hydrogen-bond acceptors (Lipinski definition) is 6. The number of nitrogens with zero attached hydrogens (tertiary/aromatic N) is 2. The van der Waals surface area contributed by atoms with Gasteiger partial charge in [-0.2, -0.15) is 18.3 Å². The normalized spacial score (nSPS) is 17.2. The largest absolute Gasteiger partial charge is 0.493 e. The van der Waals surface area contributed by atoms with Gasteiger partial charge in [0, 0.05) is 17.1 Å². The van der Waals surface area contributed by atoms with E-state index in [4.69, 9.17) is 25.8 Å². The molecule has 1 aliphatic rings. The van der Waals surface area contributed by atoms with E-state index in [9.17, 15) is 18.0 Å². The summed E-state index contributed by atoms with van der Waals surface area (Å²) in [6.45, 7) is 0. The van der Waals surface area contributed by atoms with Crippen molar-refractivity contribution in [3.63, 3.8) is 0 Å². The Labute approximate surface area is 203 Å². The highest BCUT2D eigenvalue weighted by atomic mass is 35.5. The minimum Gasteiger partial charge on any atom is -0.493 e. The zero-order valence-electron chi connectivity index (χ0n) is 18.9. The number of carbonyl (C=O) groups is 1. The maximum absolute atomic E-state index is 14.0. The predicted octanol–water partition coefficient (Wildman–Crippen LogP) is 5.47. The molecule has 0 radical (unpaired) electrons. The molecule has 2 atom stereocenters. The number of fused-ring (bicyclic) bond motifs is 1. The van der Waals surface area contributed by atoms with Gasteiger partial charge in [0.1, 0.15) is 11.4 Å². The second-order valence-electron chi connectivity index (χ2n) is 7.76. The molecule has 0 spiro atoms. The molecule has 1 aromatic heterocycles. The smallest absolute Gasteiger partial charge is 0.410 e. The predicted molar refractivity (Wildman–Crippen MR) is 124 cm³/mol. The van der Waals surface area contributed by atoms with Crippen LogP contribution in [0.1, 0.15) is 34.4 Å². The van der Waals surface area contributed by atoms with Crippen LogP contribution < -0.4 is 24.8 Å². The molecule has 0 bridgehead atoms. The molecule has 1 amide bonds. The molecule has 0 saturated carbocycles. The first-order valence-electron chi connectivity index (χ1n) is 10.4. The molecule has 12 heteroatoms. The van der Waals surface area contributed by atoms with Crippen LogP contribution in [-0.2, 0) is 0 Å². The fourth-order valence-electron chi connectivity index (χ4n) is 3.98. The van der Waals surface area contributed by atoms with Crippen LogP contribution in [0.15, 0.2) is 42.6 Å². The van der Waals surface area contributed by atoms with E-state index < -0.39 is 24.2 Å².